The van der Waals surface area contributed by atoms with Crippen molar-refractivity contribution in [3.05, 3.63) is 71.4 Å². The van der Waals surface area contributed by atoms with Gasteiger partial charge in [0.05, 0.1) is 25.1 Å². The van der Waals surface area contributed by atoms with E-state index in [0.29, 0.717) is 6.61 Å². The quantitative estimate of drug-likeness (QED) is 0.663. The van der Waals surface area contributed by atoms with Crippen LogP contribution in [0.3, 0.4) is 0 Å². The minimum Gasteiger partial charge on any atom is -0.497 e. The second kappa shape index (κ2) is 8.49. The third kappa shape index (κ3) is 4.17. The Morgan fingerprint density at radius 1 is 1.17 bits per heavy atom. The van der Waals surface area contributed by atoms with Crippen LogP contribution < -0.4 is 10.1 Å². The van der Waals surface area contributed by atoms with Crippen LogP contribution in [0.15, 0.2) is 54.6 Å². The molecule has 4 rings (SSSR count). The number of hydrogen-bond donors (Lipinski definition) is 1. The summed E-state index contributed by atoms with van der Waals surface area (Å²) in [5.74, 6) is 1.34. The molecule has 29 heavy (non-hydrogen) atoms. The second-order valence-electron chi connectivity index (χ2n) is 7.17. The monoisotopic (exact) mass is 391 g/mol. The molecule has 1 atom stereocenters. The molecule has 1 amide bonds. The molecule has 6 heteroatoms. The molecule has 0 aliphatic heterocycles. The van der Waals surface area contributed by atoms with Crippen molar-refractivity contribution in [2.45, 2.75) is 38.9 Å². The molecule has 0 saturated carbocycles. The van der Waals surface area contributed by atoms with Gasteiger partial charge in [-0.2, -0.15) is 5.10 Å². The van der Waals surface area contributed by atoms with E-state index in [0.717, 1.165) is 53.3 Å². The first-order valence-corrected chi connectivity index (χ1v) is 9.87. The normalized spacial score (nSPS) is 13.7. The molecule has 0 spiro atoms. The van der Waals surface area contributed by atoms with E-state index in [9.17, 15) is 4.79 Å². The molecule has 0 saturated heterocycles. The summed E-state index contributed by atoms with van der Waals surface area (Å²) in [7, 11) is 1.63. The molecule has 6 nitrogen and oxygen atoms in total. The van der Waals surface area contributed by atoms with E-state index < -0.39 is 6.10 Å². The lowest BCUT2D eigenvalue weighted by molar-refractivity contribution is -0.127. The van der Waals surface area contributed by atoms with Crippen molar-refractivity contribution in [3.8, 4) is 11.4 Å². The fourth-order valence-electron chi connectivity index (χ4n) is 3.55. The van der Waals surface area contributed by atoms with Gasteiger partial charge in [0.15, 0.2) is 0 Å². The summed E-state index contributed by atoms with van der Waals surface area (Å²) < 4.78 is 12.9. The van der Waals surface area contributed by atoms with Crippen LogP contribution in [0.1, 0.15) is 30.2 Å². The number of aromatic nitrogens is 2. The molecule has 3 aromatic rings. The smallest absolute Gasteiger partial charge is 0.254 e. The van der Waals surface area contributed by atoms with Crippen molar-refractivity contribution in [1.29, 1.82) is 0 Å². The number of anilines is 1. The summed E-state index contributed by atoms with van der Waals surface area (Å²) in [6.45, 7) is 2.10. The molecule has 2 aromatic carbocycles. The van der Waals surface area contributed by atoms with Crippen molar-refractivity contribution < 1.29 is 14.3 Å². The van der Waals surface area contributed by atoms with E-state index >= 15 is 0 Å². The number of nitrogens with zero attached hydrogens (tertiary/aromatic N) is 2. The molecule has 0 fully saturated rings. The van der Waals surface area contributed by atoms with Gasteiger partial charge >= 0.3 is 0 Å². The minimum absolute atomic E-state index is 0.181. The molecular formula is C23H25N3O3. The Bertz CT molecular complexity index is 998. The van der Waals surface area contributed by atoms with Gasteiger partial charge < -0.3 is 14.8 Å². The highest BCUT2D eigenvalue weighted by Crippen LogP contribution is 2.31. The first kappa shape index (κ1) is 19.2. The van der Waals surface area contributed by atoms with Gasteiger partial charge in [0, 0.05) is 5.56 Å². The maximum atomic E-state index is 12.8. The third-order valence-corrected chi connectivity index (χ3v) is 5.15. The van der Waals surface area contributed by atoms with E-state index in [1.54, 1.807) is 14.0 Å². The van der Waals surface area contributed by atoms with E-state index in [-0.39, 0.29) is 5.91 Å². The lowest BCUT2D eigenvalue weighted by atomic mass is 10.2. The van der Waals surface area contributed by atoms with Gasteiger partial charge in [-0.1, -0.05) is 30.3 Å². The predicted molar refractivity (Wildman–Crippen MR) is 111 cm³/mol. The number of para-hydroxylation sites is 1. The summed E-state index contributed by atoms with van der Waals surface area (Å²) in [6.07, 6.45) is 2.34. The molecule has 0 unspecified atom stereocenters. The average molecular weight is 391 g/mol. The second-order valence-corrected chi connectivity index (χ2v) is 7.17. The molecule has 1 aliphatic carbocycles. The number of rotatable bonds is 7. The number of amides is 1. The molecule has 150 valence electrons. The Morgan fingerprint density at radius 3 is 2.79 bits per heavy atom. The Hall–Kier alpha value is -3.12. The van der Waals surface area contributed by atoms with Gasteiger partial charge in [-0.15, -0.1) is 0 Å². The van der Waals surface area contributed by atoms with Crippen LogP contribution in [-0.2, 0) is 29.0 Å². The standard InChI is InChI=1S/C23H25N3O3/c1-16(29-15-17-8-6-11-19(14-17)28-2)23(27)24-22-20-12-7-13-21(20)25-26(22)18-9-4-3-5-10-18/h3-6,8-11,14,16H,7,12-13,15H2,1-2H3,(H,24,27)/t16-/m0/s1. The first-order chi connectivity index (χ1) is 14.2. The highest BCUT2D eigenvalue weighted by Gasteiger charge is 2.25. The topological polar surface area (TPSA) is 65.4 Å². The van der Waals surface area contributed by atoms with Gasteiger partial charge in [0.2, 0.25) is 0 Å². The maximum Gasteiger partial charge on any atom is 0.254 e. The summed E-state index contributed by atoms with van der Waals surface area (Å²) in [6, 6.07) is 17.5. The molecule has 0 bridgehead atoms. The van der Waals surface area contributed by atoms with Crippen LogP contribution in [0.2, 0.25) is 0 Å². The largest absolute Gasteiger partial charge is 0.497 e. The Balaban J connectivity index is 1.48. The van der Waals surface area contributed by atoms with Gasteiger partial charge in [-0.3, -0.25) is 4.79 Å². The summed E-state index contributed by atoms with van der Waals surface area (Å²) >= 11 is 0. The molecule has 0 radical (unpaired) electrons. The average Bonchev–Trinajstić information content (AvgIpc) is 3.35. The fraction of sp³-hybridized carbons (Fsp3) is 0.304. The van der Waals surface area contributed by atoms with Crippen LogP contribution in [0.5, 0.6) is 5.75 Å². The number of benzene rings is 2. The zero-order valence-electron chi connectivity index (χ0n) is 16.7. The lowest BCUT2D eigenvalue weighted by Crippen LogP contribution is -2.29. The van der Waals surface area contributed by atoms with Gasteiger partial charge in [0.1, 0.15) is 17.7 Å². The van der Waals surface area contributed by atoms with E-state index in [1.165, 1.54) is 0 Å². The molecule has 1 heterocycles. The molecule has 1 aromatic heterocycles. The van der Waals surface area contributed by atoms with Crippen LogP contribution in [0.25, 0.3) is 5.69 Å². The first-order valence-electron chi connectivity index (χ1n) is 9.87. The van der Waals surface area contributed by atoms with Crippen molar-refractivity contribution in [3.63, 3.8) is 0 Å². The number of aryl methyl sites for hydroxylation is 1. The van der Waals surface area contributed by atoms with Crippen molar-refractivity contribution in [2.24, 2.45) is 0 Å². The zero-order valence-corrected chi connectivity index (χ0v) is 16.7. The summed E-state index contributed by atoms with van der Waals surface area (Å²) in [5.41, 5.74) is 4.08. The highest BCUT2D eigenvalue weighted by atomic mass is 16.5. The van der Waals surface area contributed by atoms with Crippen LogP contribution in [0, 0.1) is 0 Å². The number of methoxy groups -OCH3 is 1. The SMILES string of the molecule is COc1cccc(CO[C@@H](C)C(=O)Nc2c3c(nn2-c2ccccc2)CCC3)c1. The van der Waals surface area contributed by atoms with Crippen molar-refractivity contribution >= 4 is 11.7 Å². The molecule has 1 N–H and O–H groups in total. The zero-order chi connectivity index (χ0) is 20.2. The summed E-state index contributed by atoms with van der Waals surface area (Å²) in [4.78, 5) is 12.8. The van der Waals surface area contributed by atoms with Gasteiger partial charge in [0.25, 0.3) is 5.91 Å². The molecule has 1 aliphatic rings. The van der Waals surface area contributed by atoms with Crippen LogP contribution in [0.4, 0.5) is 5.82 Å². The molecular weight excluding hydrogens is 366 g/mol. The van der Waals surface area contributed by atoms with Gasteiger partial charge in [-0.25, -0.2) is 4.68 Å². The predicted octanol–water partition coefficient (Wildman–Crippen LogP) is 3.91. The van der Waals surface area contributed by atoms with Crippen LogP contribution >= 0.6 is 0 Å². The van der Waals surface area contributed by atoms with E-state index in [2.05, 4.69) is 5.32 Å². The Labute approximate surface area is 170 Å². The van der Waals surface area contributed by atoms with Crippen molar-refractivity contribution in [1.82, 2.24) is 9.78 Å². The number of fused-ring (bicyclic) bond motifs is 1. The van der Waals surface area contributed by atoms with E-state index in [1.807, 2.05) is 59.3 Å². The summed E-state index contributed by atoms with van der Waals surface area (Å²) in [5, 5.41) is 7.79. The van der Waals surface area contributed by atoms with Crippen LogP contribution in [-0.4, -0.2) is 28.9 Å². The maximum absolute atomic E-state index is 12.8. The minimum atomic E-state index is -0.600. The number of nitrogens with one attached hydrogen (secondary N) is 1. The number of ether oxygens (including phenoxy) is 2. The number of hydrogen-bond acceptors (Lipinski definition) is 4. The van der Waals surface area contributed by atoms with Gasteiger partial charge in [-0.05, 0) is 56.0 Å². The number of carbonyl (C=O) groups excluding carboxylic acids is 1. The highest BCUT2D eigenvalue weighted by molar-refractivity contribution is 5.94. The fourth-order valence-corrected chi connectivity index (χ4v) is 3.55. The Kier molecular flexibility index (Phi) is 5.62. The number of carbonyl (C=O) groups is 1. The third-order valence-electron chi connectivity index (χ3n) is 5.15. The lowest BCUT2D eigenvalue weighted by Gasteiger charge is -2.16. The van der Waals surface area contributed by atoms with Crippen molar-refractivity contribution in [2.75, 3.05) is 12.4 Å². The Morgan fingerprint density at radius 2 is 2.00 bits per heavy atom. The van der Waals surface area contributed by atoms with E-state index in [4.69, 9.17) is 14.6 Å².